The second-order valence-electron chi connectivity index (χ2n) is 8.59. The molecule has 0 heterocycles. The highest BCUT2D eigenvalue weighted by atomic mass is 19.4. The quantitative estimate of drug-likeness (QED) is 0.528. The van der Waals surface area contributed by atoms with Crippen molar-refractivity contribution in [2.75, 3.05) is 7.11 Å². The zero-order chi connectivity index (χ0) is 22.9. The van der Waals surface area contributed by atoms with E-state index < -0.39 is 29.1 Å². The van der Waals surface area contributed by atoms with Gasteiger partial charge in [0, 0.05) is 12.7 Å². The number of rotatable bonds is 5. The summed E-state index contributed by atoms with van der Waals surface area (Å²) >= 11 is 0. The zero-order valence-corrected chi connectivity index (χ0v) is 18.0. The molecule has 0 spiro atoms. The van der Waals surface area contributed by atoms with Gasteiger partial charge in [0.1, 0.15) is 0 Å². The Balaban J connectivity index is 2.14. The van der Waals surface area contributed by atoms with E-state index >= 15 is 0 Å². The van der Waals surface area contributed by atoms with Crippen LogP contribution in [0.15, 0.2) is 72.8 Å². The monoisotopic (exact) mass is 429 g/mol. The van der Waals surface area contributed by atoms with Crippen LogP contribution in [-0.2, 0) is 15.1 Å². The smallest absolute Gasteiger partial charge is 0.356 e. The molecule has 164 valence electrons. The highest BCUT2D eigenvalue weighted by molar-refractivity contribution is 5.90. The summed E-state index contributed by atoms with van der Waals surface area (Å²) in [6.45, 7) is 5.64. The molecular formula is C25H26F3NO2. The summed E-state index contributed by atoms with van der Waals surface area (Å²) in [7, 11) is 0.907. The molecule has 0 radical (unpaired) electrons. The molecule has 0 saturated heterocycles. The van der Waals surface area contributed by atoms with Gasteiger partial charge in [0.05, 0.1) is 6.04 Å². The first-order chi connectivity index (χ1) is 14.5. The molecule has 0 aliphatic heterocycles. The predicted octanol–water partition coefficient (Wildman–Crippen LogP) is 6.15. The summed E-state index contributed by atoms with van der Waals surface area (Å²) in [5.74, 6) is -1.25. The second kappa shape index (κ2) is 8.35. The largest absolute Gasteiger partial charge is 0.430 e. The lowest BCUT2D eigenvalue weighted by Crippen LogP contribution is -2.57. The van der Waals surface area contributed by atoms with E-state index in [1.165, 1.54) is 24.3 Å². The molecule has 3 rings (SSSR count). The van der Waals surface area contributed by atoms with Crippen LogP contribution in [0.4, 0.5) is 13.2 Å². The summed E-state index contributed by atoms with van der Waals surface area (Å²) in [4.78, 5) is 13.4. The number of fused-ring (bicyclic) bond motifs is 1. The Labute approximate surface area is 180 Å². The van der Waals surface area contributed by atoms with E-state index in [9.17, 15) is 18.0 Å². The molecule has 6 heteroatoms. The molecule has 0 saturated carbocycles. The van der Waals surface area contributed by atoms with Crippen molar-refractivity contribution >= 4 is 16.7 Å². The van der Waals surface area contributed by atoms with Gasteiger partial charge in [-0.3, -0.25) is 4.79 Å². The summed E-state index contributed by atoms with van der Waals surface area (Å²) in [5.41, 5.74) is -3.21. The minimum Gasteiger partial charge on any atom is -0.356 e. The summed E-state index contributed by atoms with van der Waals surface area (Å²) in [5, 5.41) is 4.50. The van der Waals surface area contributed by atoms with E-state index in [0.29, 0.717) is 0 Å². The lowest BCUT2D eigenvalue weighted by molar-refractivity contribution is -0.266. The van der Waals surface area contributed by atoms with Gasteiger partial charge in [0.2, 0.25) is 0 Å². The fourth-order valence-electron chi connectivity index (χ4n) is 3.92. The summed E-state index contributed by atoms with van der Waals surface area (Å²) in [6, 6.07) is 19.5. The third-order valence-electron chi connectivity index (χ3n) is 5.48. The number of nitrogens with one attached hydrogen (secondary N) is 1. The van der Waals surface area contributed by atoms with Gasteiger partial charge in [0.25, 0.3) is 11.5 Å². The van der Waals surface area contributed by atoms with E-state index in [1.807, 2.05) is 63.2 Å². The first kappa shape index (κ1) is 22.8. The average Bonchev–Trinajstić information content (AvgIpc) is 2.71. The number of benzene rings is 3. The molecular weight excluding hydrogens is 403 g/mol. The Bertz CT molecular complexity index is 1050. The topological polar surface area (TPSA) is 38.3 Å². The Morgan fingerprint density at radius 2 is 1.45 bits per heavy atom. The van der Waals surface area contributed by atoms with Crippen LogP contribution >= 0.6 is 0 Å². The van der Waals surface area contributed by atoms with Gasteiger partial charge in [-0.25, -0.2) is 0 Å². The van der Waals surface area contributed by atoms with Gasteiger partial charge in [-0.2, -0.15) is 13.2 Å². The average molecular weight is 429 g/mol. The van der Waals surface area contributed by atoms with Crippen molar-refractivity contribution < 1.29 is 22.7 Å². The van der Waals surface area contributed by atoms with E-state index in [4.69, 9.17) is 4.74 Å². The minimum absolute atomic E-state index is 0.270. The van der Waals surface area contributed by atoms with Crippen LogP contribution in [0.5, 0.6) is 0 Å². The Kier molecular flexibility index (Phi) is 6.14. The molecule has 3 nitrogen and oxygen atoms in total. The number of methoxy groups -OCH3 is 1. The number of alkyl halides is 3. The fourth-order valence-corrected chi connectivity index (χ4v) is 3.92. The van der Waals surface area contributed by atoms with Gasteiger partial charge in [-0.05, 0) is 21.8 Å². The summed E-state index contributed by atoms with van der Waals surface area (Å²) < 4.78 is 47.9. The highest BCUT2D eigenvalue weighted by Gasteiger charge is 2.63. The highest BCUT2D eigenvalue weighted by Crippen LogP contribution is 2.44. The van der Waals surface area contributed by atoms with Crippen molar-refractivity contribution in [3.05, 3.63) is 83.9 Å². The molecule has 1 amide bonds. The second-order valence-corrected chi connectivity index (χ2v) is 8.59. The van der Waals surface area contributed by atoms with Crippen LogP contribution < -0.4 is 5.32 Å². The van der Waals surface area contributed by atoms with Crippen LogP contribution in [-0.4, -0.2) is 19.2 Å². The summed E-state index contributed by atoms with van der Waals surface area (Å²) in [6.07, 6.45) is -4.96. The van der Waals surface area contributed by atoms with E-state index in [1.54, 1.807) is 6.07 Å². The van der Waals surface area contributed by atoms with Crippen LogP contribution in [0, 0.1) is 5.41 Å². The van der Waals surface area contributed by atoms with E-state index in [0.717, 1.165) is 23.4 Å². The van der Waals surface area contributed by atoms with Crippen molar-refractivity contribution in [1.82, 2.24) is 5.32 Å². The van der Waals surface area contributed by atoms with Gasteiger partial charge >= 0.3 is 6.18 Å². The molecule has 0 aliphatic carbocycles. The molecule has 2 atom stereocenters. The molecule has 0 aromatic heterocycles. The van der Waals surface area contributed by atoms with E-state index in [2.05, 4.69) is 5.32 Å². The molecule has 0 bridgehead atoms. The standard InChI is InChI=1S/C25H26F3NO2/c1-23(2,3)21(20-16-10-12-17-11-8-9-15-19(17)20)29-22(30)24(31-4,25(26,27)28)18-13-6-5-7-14-18/h5-16,21H,1-4H3,(H,29,30)/t21-,24+/m0/s1. The maximum Gasteiger partial charge on any atom is 0.430 e. The number of hydrogen-bond donors (Lipinski definition) is 1. The third-order valence-corrected chi connectivity index (χ3v) is 5.48. The van der Waals surface area contributed by atoms with Gasteiger partial charge in [-0.15, -0.1) is 0 Å². The Morgan fingerprint density at radius 3 is 2.03 bits per heavy atom. The van der Waals surface area contributed by atoms with Crippen LogP contribution in [0.1, 0.15) is 37.9 Å². The number of amides is 1. The molecule has 0 unspecified atom stereocenters. The number of carbonyl (C=O) groups excluding carboxylic acids is 1. The van der Waals surface area contributed by atoms with Crippen LogP contribution in [0.2, 0.25) is 0 Å². The first-order valence-electron chi connectivity index (χ1n) is 9.98. The third kappa shape index (κ3) is 4.17. The first-order valence-corrected chi connectivity index (χ1v) is 9.98. The zero-order valence-electron chi connectivity index (χ0n) is 18.0. The normalized spacial score (nSPS) is 15.3. The molecule has 31 heavy (non-hydrogen) atoms. The van der Waals surface area contributed by atoms with Crippen LogP contribution in [0.25, 0.3) is 10.8 Å². The molecule has 0 aliphatic rings. The number of ether oxygens (including phenoxy) is 1. The van der Waals surface area contributed by atoms with Gasteiger partial charge < -0.3 is 10.1 Å². The SMILES string of the molecule is CO[C@@](C(=O)N[C@@H](c1cccc2ccccc12)C(C)(C)C)(c1ccccc1)C(F)(F)F. The van der Waals surface area contributed by atoms with Crippen molar-refractivity contribution in [3.63, 3.8) is 0 Å². The van der Waals surface area contributed by atoms with Crippen molar-refractivity contribution in [2.45, 2.75) is 38.6 Å². The Hall–Kier alpha value is -2.86. The lowest BCUT2D eigenvalue weighted by Gasteiger charge is -2.38. The number of carbonyl (C=O) groups is 1. The van der Waals surface area contributed by atoms with Crippen molar-refractivity contribution in [3.8, 4) is 0 Å². The number of hydrogen-bond acceptors (Lipinski definition) is 2. The van der Waals surface area contributed by atoms with Gasteiger partial charge in [0.15, 0.2) is 0 Å². The minimum atomic E-state index is -4.96. The molecule has 3 aromatic rings. The maximum absolute atomic E-state index is 14.3. The fraction of sp³-hybridized carbons (Fsp3) is 0.320. The van der Waals surface area contributed by atoms with Crippen LogP contribution in [0.3, 0.4) is 0 Å². The molecule has 0 fully saturated rings. The lowest BCUT2D eigenvalue weighted by atomic mass is 9.79. The van der Waals surface area contributed by atoms with Crippen molar-refractivity contribution in [1.29, 1.82) is 0 Å². The maximum atomic E-state index is 14.3. The molecule has 3 aromatic carbocycles. The molecule has 1 N–H and O–H groups in total. The van der Waals surface area contributed by atoms with Gasteiger partial charge in [-0.1, -0.05) is 93.6 Å². The Morgan fingerprint density at radius 1 is 0.871 bits per heavy atom. The van der Waals surface area contributed by atoms with Crippen molar-refractivity contribution in [2.24, 2.45) is 5.41 Å². The van der Waals surface area contributed by atoms with E-state index in [-0.39, 0.29) is 5.56 Å². The predicted molar refractivity (Wildman–Crippen MR) is 115 cm³/mol. The number of halogens is 3.